The summed E-state index contributed by atoms with van der Waals surface area (Å²) in [5.41, 5.74) is -0.405. The van der Waals surface area contributed by atoms with Crippen LogP contribution in [0.4, 0.5) is 13.2 Å². The summed E-state index contributed by atoms with van der Waals surface area (Å²) in [5.74, 6) is -0.186. The van der Waals surface area contributed by atoms with Crippen LogP contribution >= 0.6 is 0 Å². The fourth-order valence-electron chi connectivity index (χ4n) is 2.04. The number of carbonyl (C=O) groups excluding carboxylic acids is 1. The Balaban J connectivity index is 2.02. The van der Waals surface area contributed by atoms with E-state index in [4.69, 9.17) is 5.11 Å². The van der Waals surface area contributed by atoms with Crippen LogP contribution in [-0.4, -0.2) is 34.0 Å². The van der Waals surface area contributed by atoms with Crippen molar-refractivity contribution in [2.75, 3.05) is 13.2 Å². The maximum atomic E-state index is 12.3. The molecule has 4 nitrogen and oxygen atoms in total. The molecule has 1 aromatic heterocycles. The zero-order chi connectivity index (χ0) is 14.0. The van der Waals surface area contributed by atoms with E-state index in [0.717, 1.165) is 12.3 Å². The smallest absolute Gasteiger partial charge is 0.396 e. The van der Waals surface area contributed by atoms with Crippen LogP contribution in [0, 0.1) is 5.92 Å². The molecule has 0 bridgehead atoms. The normalized spacial score (nSPS) is 20.1. The summed E-state index contributed by atoms with van der Waals surface area (Å²) in [6.07, 6.45) is -3.04. The highest BCUT2D eigenvalue weighted by Crippen LogP contribution is 2.27. The van der Waals surface area contributed by atoms with Gasteiger partial charge < -0.3 is 10.0 Å². The number of hydrogen-bond donors (Lipinski definition) is 1. The first-order valence-corrected chi connectivity index (χ1v) is 5.81. The molecule has 2 rings (SSSR count). The van der Waals surface area contributed by atoms with Gasteiger partial charge in [0.05, 0.1) is 0 Å². The molecule has 1 N–H and O–H groups in total. The van der Waals surface area contributed by atoms with E-state index in [2.05, 4.69) is 4.98 Å². The molecule has 7 heteroatoms. The Morgan fingerprint density at radius 3 is 2.63 bits per heavy atom. The number of aromatic nitrogens is 1. The van der Waals surface area contributed by atoms with Gasteiger partial charge >= 0.3 is 6.18 Å². The van der Waals surface area contributed by atoms with Crippen LogP contribution in [0.3, 0.4) is 0 Å². The number of aliphatic hydroxyl groups is 1. The number of carbonyl (C=O) groups is 1. The maximum absolute atomic E-state index is 12.3. The third kappa shape index (κ3) is 3.23. The number of pyridine rings is 1. The van der Waals surface area contributed by atoms with Gasteiger partial charge in [-0.15, -0.1) is 0 Å². The monoisotopic (exact) mass is 274 g/mol. The van der Waals surface area contributed by atoms with Crippen molar-refractivity contribution in [2.24, 2.45) is 5.92 Å². The van der Waals surface area contributed by atoms with E-state index >= 15 is 0 Å². The third-order valence-electron chi connectivity index (χ3n) is 3.04. The fraction of sp³-hybridized carbons (Fsp3) is 0.500. The van der Waals surface area contributed by atoms with Gasteiger partial charge in [0, 0.05) is 38.2 Å². The van der Waals surface area contributed by atoms with Gasteiger partial charge in [0.25, 0.3) is 0 Å². The lowest BCUT2D eigenvalue weighted by Gasteiger charge is -2.16. The molecule has 104 valence electrons. The summed E-state index contributed by atoms with van der Waals surface area (Å²) in [5, 5.41) is 8.98. The minimum Gasteiger partial charge on any atom is -0.396 e. The zero-order valence-electron chi connectivity index (χ0n) is 10.0. The summed E-state index contributed by atoms with van der Waals surface area (Å²) in [4.78, 5) is 16.5. The molecule has 1 amide bonds. The topological polar surface area (TPSA) is 53.4 Å². The van der Waals surface area contributed by atoms with Gasteiger partial charge in [-0.25, -0.2) is 0 Å². The van der Waals surface area contributed by atoms with Gasteiger partial charge in [0.15, 0.2) is 0 Å². The van der Waals surface area contributed by atoms with E-state index in [9.17, 15) is 18.0 Å². The molecule has 1 atom stereocenters. The van der Waals surface area contributed by atoms with Crippen molar-refractivity contribution >= 4 is 5.91 Å². The van der Waals surface area contributed by atoms with Gasteiger partial charge in [-0.05, 0) is 11.6 Å². The average molecular weight is 274 g/mol. The van der Waals surface area contributed by atoms with E-state index in [1.165, 1.54) is 11.0 Å². The lowest BCUT2D eigenvalue weighted by molar-refractivity contribution is -0.141. The van der Waals surface area contributed by atoms with E-state index in [1.807, 2.05) is 0 Å². The third-order valence-corrected chi connectivity index (χ3v) is 3.04. The molecule has 1 saturated heterocycles. The average Bonchev–Trinajstić information content (AvgIpc) is 2.70. The second kappa shape index (κ2) is 5.16. The van der Waals surface area contributed by atoms with E-state index in [-0.39, 0.29) is 31.4 Å². The van der Waals surface area contributed by atoms with Crippen LogP contribution in [0.2, 0.25) is 0 Å². The van der Waals surface area contributed by atoms with Crippen molar-refractivity contribution in [3.05, 3.63) is 29.6 Å². The van der Waals surface area contributed by atoms with Crippen LogP contribution < -0.4 is 0 Å². The van der Waals surface area contributed by atoms with Crippen molar-refractivity contribution in [1.29, 1.82) is 0 Å². The predicted octanol–water partition coefficient (Wildman–Crippen LogP) is 1.44. The van der Waals surface area contributed by atoms with Gasteiger partial charge in [-0.3, -0.25) is 9.78 Å². The van der Waals surface area contributed by atoms with E-state index < -0.39 is 11.9 Å². The Hall–Kier alpha value is -1.63. The van der Waals surface area contributed by atoms with Crippen LogP contribution in [0.15, 0.2) is 18.3 Å². The van der Waals surface area contributed by atoms with Crippen molar-refractivity contribution < 1.29 is 23.1 Å². The SMILES string of the molecule is O=C1CC(CO)CN1Cc1ccc(C(F)(F)F)nc1. The second-order valence-corrected chi connectivity index (χ2v) is 4.58. The first-order valence-electron chi connectivity index (χ1n) is 5.81. The molecular weight excluding hydrogens is 261 g/mol. The molecule has 1 aliphatic rings. The Morgan fingerprint density at radius 2 is 2.16 bits per heavy atom. The van der Waals surface area contributed by atoms with Gasteiger partial charge in [0.1, 0.15) is 5.69 Å². The highest BCUT2D eigenvalue weighted by Gasteiger charge is 2.32. The first kappa shape index (κ1) is 13.8. The zero-order valence-corrected chi connectivity index (χ0v) is 10.0. The minimum absolute atomic E-state index is 0.0620. The molecule has 1 aliphatic heterocycles. The number of nitrogens with zero attached hydrogens (tertiary/aromatic N) is 2. The van der Waals surface area contributed by atoms with Crippen molar-refractivity contribution in [2.45, 2.75) is 19.1 Å². The highest BCUT2D eigenvalue weighted by atomic mass is 19.4. The molecule has 1 aromatic rings. The number of amides is 1. The molecule has 0 aromatic carbocycles. The number of aliphatic hydroxyl groups excluding tert-OH is 1. The van der Waals surface area contributed by atoms with Crippen molar-refractivity contribution in [3.63, 3.8) is 0 Å². The van der Waals surface area contributed by atoms with Gasteiger partial charge in [-0.1, -0.05) is 6.07 Å². The highest BCUT2D eigenvalue weighted by molar-refractivity contribution is 5.78. The molecule has 0 radical (unpaired) electrons. The summed E-state index contributed by atoms with van der Waals surface area (Å²) < 4.78 is 37.0. The number of likely N-dealkylation sites (tertiary alicyclic amines) is 1. The maximum Gasteiger partial charge on any atom is 0.433 e. The Kier molecular flexibility index (Phi) is 3.75. The first-order chi connectivity index (χ1) is 8.90. The predicted molar refractivity (Wildman–Crippen MR) is 59.8 cm³/mol. The number of rotatable bonds is 3. The standard InChI is InChI=1S/C12H13F3N2O2/c13-12(14,15)10-2-1-8(4-16-10)5-17-6-9(7-18)3-11(17)19/h1-2,4,9,18H,3,5-7H2. The molecule has 1 unspecified atom stereocenters. The molecule has 2 heterocycles. The minimum atomic E-state index is -4.45. The number of alkyl halides is 3. The molecule has 19 heavy (non-hydrogen) atoms. The molecule has 0 spiro atoms. The Morgan fingerprint density at radius 1 is 1.42 bits per heavy atom. The lowest BCUT2D eigenvalue weighted by Crippen LogP contribution is -2.25. The van der Waals surface area contributed by atoms with Gasteiger partial charge in [0.2, 0.25) is 5.91 Å². The quantitative estimate of drug-likeness (QED) is 0.907. The van der Waals surface area contributed by atoms with E-state index in [0.29, 0.717) is 12.1 Å². The van der Waals surface area contributed by atoms with Crippen LogP contribution in [0.5, 0.6) is 0 Å². The van der Waals surface area contributed by atoms with Crippen LogP contribution in [-0.2, 0) is 17.5 Å². The summed E-state index contributed by atoms with van der Waals surface area (Å²) in [6, 6.07) is 2.22. The second-order valence-electron chi connectivity index (χ2n) is 4.58. The molecule has 0 aliphatic carbocycles. The van der Waals surface area contributed by atoms with Gasteiger partial charge in [-0.2, -0.15) is 13.2 Å². The summed E-state index contributed by atoms with van der Waals surface area (Å²) in [7, 11) is 0. The largest absolute Gasteiger partial charge is 0.433 e. The van der Waals surface area contributed by atoms with E-state index in [1.54, 1.807) is 0 Å². The molecule has 1 fully saturated rings. The number of halogens is 3. The Bertz CT molecular complexity index is 459. The van der Waals surface area contributed by atoms with Crippen molar-refractivity contribution in [3.8, 4) is 0 Å². The van der Waals surface area contributed by atoms with Crippen molar-refractivity contribution in [1.82, 2.24) is 9.88 Å². The molecule has 0 saturated carbocycles. The summed E-state index contributed by atoms with van der Waals surface area (Å²) in [6.45, 7) is 0.588. The van der Waals surface area contributed by atoms with Crippen LogP contribution in [0.1, 0.15) is 17.7 Å². The fourth-order valence-corrected chi connectivity index (χ4v) is 2.04. The molecular formula is C12H13F3N2O2. The van der Waals surface area contributed by atoms with Crippen LogP contribution in [0.25, 0.3) is 0 Å². The lowest BCUT2D eigenvalue weighted by atomic mass is 10.1. The number of hydrogen-bond acceptors (Lipinski definition) is 3. The Labute approximate surface area is 107 Å². The summed E-state index contributed by atoms with van der Waals surface area (Å²) >= 11 is 0.